The number of pyridine rings is 1. The Morgan fingerprint density at radius 2 is 1.84 bits per heavy atom. The molecule has 1 aromatic heterocycles. The van der Waals surface area contributed by atoms with Gasteiger partial charge >= 0.3 is 12.1 Å². The monoisotopic (exact) mass is 449 g/mol. The van der Waals surface area contributed by atoms with Crippen molar-refractivity contribution in [2.24, 2.45) is 5.92 Å². The molecule has 2 heterocycles. The highest BCUT2D eigenvalue weighted by atomic mass is 19.4. The predicted molar refractivity (Wildman–Crippen MR) is 108 cm³/mol. The van der Waals surface area contributed by atoms with Gasteiger partial charge in [0, 0.05) is 29.3 Å². The van der Waals surface area contributed by atoms with Crippen molar-refractivity contribution >= 4 is 5.97 Å². The highest BCUT2D eigenvalue weighted by Crippen LogP contribution is 2.51. The highest BCUT2D eigenvalue weighted by Gasteiger charge is 2.56. The summed E-state index contributed by atoms with van der Waals surface area (Å²) in [5, 5.41) is 20.9. The van der Waals surface area contributed by atoms with E-state index in [0.717, 1.165) is 31.4 Å². The molecule has 1 fully saturated rings. The van der Waals surface area contributed by atoms with Crippen LogP contribution in [0.1, 0.15) is 43.2 Å². The van der Waals surface area contributed by atoms with Gasteiger partial charge in [0.05, 0.1) is 18.4 Å². The number of hydrogen-bond donors (Lipinski definition) is 2. The van der Waals surface area contributed by atoms with Crippen molar-refractivity contribution in [3.8, 4) is 17.0 Å². The van der Waals surface area contributed by atoms with Crippen LogP contribution in [-0.2, 0) is 21.3 Å². The summed E-state index contributed by atoms with van der Waals surface area (Å²) in [6, 6.07) is 6.26. The summed E-state index contributed by atoms with van der Waals surface area (Å²) in [6.45, 7) is 0. The van der Waals surface area contributed by atoms with Gasteiger partial charge in [-0.25, -0.2) is 4.79 Å². The molecule has 6 nitrogen and oxygen atoms in total. The third-order valence-electron chi connectivity index (χ3n) is 6.16. The Morgan fingerprint density at radius 1 is 1.12 bits per heavy atom. The lowest BCUT2D eigenvalue weighted by atomic mass is 9.72. The van der Waals surface area contributed by atoms with E-state index in [1.54, 1.807) is 6.07 Å². The van der Waals surface area contributed by atoms with Crippen molar-refractivity contribution in [1.82, 2.24) is 4.98 Å². The fraction of sp³-hybridized carbons (Fsp3) is 0.391. The molecule has 1 aromatic carbocycles. The lowest BCUT2D eigenvalue weighted by molar-refractivity contribution is -0.158. The zero-order valence-electron chi connectivity index (χ0n) is 17.3. The number of aliphatic hydroxyl groups excluding tert-OH is 2. The second-order valence-corrected chi connectivity index (χ2v) is 8.04. The SMILES string of the molecule is COc1ccnc(-c2cc(C(F)(F)F)cc(C3(C4CCCCC4)OC(=O)C(O)=C3O)c2)c1. The maximum Gasteiger partial charge on any atom is 0.416 e. The van der Waals surface area contributed by atoms with Gasteiger partial charge in [-0.05, 0) is 37.1 Å². The molecule has 2 N–H and O–H groups in total. The van der Waals surface area contributed by atoms with Crippen LogP contribution in [0, 0.1) is 5.92 Å². The number of cyclic esters (lactones) is 1. The summed E-state index contributed by atoms with van der Waals surface area (Å²) in [5.41, 5.74) is -2.61. The standard InChI is InChI=1S/C23H22F3NO5/c1-31-17-7-8-27-18(12-17)13-9-15(11-16(10-13)23(24,25)26)22(14-5-3-2-4-6-14)20(29)19(28)21(30)32-22/h7-12,14,28-29H,2-6H2,1H3. The van der Waals surface area contributed by atoms with Gasteiger partial charge in [-0.15, -0.1) is 0 Å². The third kappa shape index (κ3) is 3.65. The van der Waals surface area contributed by atoms with E-state index in [4.69, 9.17) is 9.47 Å². The second-order valence-electron chi connectivity index (χ2n) is 8.04. The third-order valence-corrected chi connectivity index (χ3v) is 6.16. The number of methoxy groups -OCH3 is 1. The number of aliphatic hydroxyl groups is 2. The van der Waals surface area contributed by atoms with Gasteiger partial charge in [-0.2, -0.15) is 13.2 Å². The average Bonchev–Trinajstić information content (AvgIpc) is 3.03. The molecular weight excluding hydrogens is 427 g/mol. The van der Waals surface area contributed by atoms with Crippen molar-refractivity contribution in [3.63, 3.8) is 0 Å². The van der Waals surface area contributed by atoms with E-state index in [1.807, 2.05) is 0 Å². The Labute approximate surface area is 182 Å². The second kappa shape index (κ2) is 8.03. The van der Waals surface area contributed by atoms with Crippen molar-refractivity contribution < 1.29 is 37.7 Å². The first-order valence-corrected chi connectivity index (χ1v) is 10.3. The molecule has 1 unspecified atom stereocenters. The molecule has 32 heavy (non-hydrogen) atoms. The van der Waals surface area contributed by atoms with Crippen LogP contribution in [-0.4, -0.2) is 28.3 Å². The summed E-state index contributed by atoms with van der Waals surface area (Å²) in [7, 11) is 1.43. The Kier molecular flexibility index (Phi) is 5.52. The summed E-state index contributed by atoms with van der Waals surface area (Å²) in [4.78, 5) is 16.3. The molecule has 0 bridgehead atoms. The fourth-order valence-electron chi connectivity index (χ4n) is 4.58. The van der Waals surface area contributed by atoms with Crippen LogP contribution >= 0.6 is 0 Å². The van der Waals surface area contributed by atoms with E-state index in [0.29, 0.717) is 18.6 Å². The molecule has 1 saturated carbocycles. The van der Waals surface area contributed by atoms with Crippen LogP contribution in [0.4, 0.5) is 13.2 Å². The fourth-order valence-corrected chi connectivity index (χ4v) is 4.58. The van der Waals surface area contributed by atoms with Crippen molar-refractivity contribution in [1.29, 1.82) is 0 Å². The number of aromatic nitrogens is 1. The number of benzene rings is 1. The van der Waals surface area contributed by atoms with Crippen LogP contribution in [0.25, 0.3) is 11.3 Å². The van der Waals surface area contributed by atoms with Crippen molar-refractivity contribution in [2.75, 3.05) is 7.11 Å². The number of carbonyl (C=O) groups is 1. The van der Waals surface area contributed by atoms with Crippen LogP contribution in [0.5, 0.6) is 5.75 Å². The van der Waals surface area contributed by atoms with E-state index in [2.05, 4.69) is 4.98 Å². The van der Waals surface area contributed by atoms with Gasteiger partial charge in [0.15, 0.2) is 5.76 Å². The summed E-state index contributed by atoms with van der Waals surface area (Å²) in [5.74, 6) is -2.97. The molecule has 4 rings (SSSR count). The van der Waals surface area contributed by atoms with Gasteiger partial charge in [-0.3, -0.25) is 4.98 Å². The normalized spacial score (nSPS) is 22.2. The van der Waals surface area contributed by atoms with Crippen LogP contribution in [0.3, 0.4) is 0 Å². The minimum absolute atomic E-state index is 0.0613. The van der Waals surface area contributed by atoms with E-state index >= 15 is 0 Å². The molecule has 2 aliphatic rings. The molecule has 0 radical (unpaired) electrons. The summed E-state index contributed by atoms with van der Waals surface area (Å²) < 4.78 is 52.1. The molecular formula is C23H22F3NO5. The van der Waals surface area contributed by atoms with E-state index in [-0.39, 0.29) is 16.8 Å². The number of ether oxygens (including phenoxy) is 2. The summed E-state index contributed by atoms with van der Waals surface area (Å²) in [6.07, 6.45) is 0.202. The zero-order valence-corrected chi connectivity index (χ0v) is 17.3. The minimum atomic E-state index is -4.71. The average molecular weight is 449 g/mol. The lowest BCUT2D eigenvalue weighted by Crippen LogP contribution is -2.39. The number of rotatable bonds is 4. The molecule has 9 heteroatoms. The van der Waals surface area contributed by atoms with Gasteiger partial charge in [-0.1, -0.05) is 19.3 Å². The van der Waals surface area contributed by atoms with Crippen molar-refractivity contribution in [2.45, 2.75) is 43.9 Å². The summed E-state index contributed by atoms with van der Waals surface area (Å²) >= 11 is 0. The molecule has 0 saturated heterocycles. The van der Waals surface area contributed by atoms with Crippen molar-refractivity contribution in [3.05, 3.63) is 59.2 Å². The molecule has 2 aromatic rings. The van der Waals surface area contributed by atoms with Gasteiger partial charge < -0.3 is 19.7 Å². The number of carbonyl (C=O) groups excluding carboxylic acids is 1. The van der Waals surface area contributed by atoms with E-state index in [1.165, 1.54) is 25.4 Å². The smallest absolute Gasteiger partial charge is 0.416 e. The topological polar surface area (TPSA) is 88.9 Å². The van der Waals surface area contributed by atoms with Gasteiger partial charge in [0.2, 0.25) is 11.4 Å². The highest BCUT2D eigenvalue weighted by molar-refractivity contribution is 5.90. The number of nitrogens with zero attached hydrogens (tertiary/aromatic N) is 1. The first kappa shape index (κ1) is 22.0. The minimum Gasteiger partial charge on any atom is -0.505 e. The maximum atomic E-state index is 13.8. The lowest BCUT2D eigenvalue weighted by Gasteiger charge is -2.38. The zero-order chi connectivity index (χ0) is 23.1. The number of esters is 1. The number of hydrogen-bond acceptors (Lipinski definition) is 6. The Hall–Kier alpha value is -3.23. The molecule has 1 aliphatic heterocycles. The van der Waals surface area contributed by atoms with Crippen LogP contribution < -0.4 is 4.74 Å². The number of halogens is 3. The quantitative estimate of drug-likeness (QED) is 0.605. The molecule has 1 atom stereocenters. The first-order valence-electron chi connectivity index (χ1n) is 10.3. The van der Waals surface area contributed by atoms with E-state index in [9.17, 15) is 28.2 Å². The molecule has 0 amide bonds. The van der Waals surface area contributed by atoms with Crippen LogP contribution in [0.2, 0.25) is 0 Å². The molecule has 1 aliphatic carbocycles. The Balaban J connectivity index is 1.96. The van der Waals surface area contributed by atoms with Gasteiger partial charge in [0.1, 0.15) is 5.75 Å². The largest absolute Gasteiger partial charge is 0.505 e. The first-order chi connectivity index (χ1) is 15.2. The van der Waals surface area contributed by atoms with Gasteiger partial charge in [0.25, 0.3) is 0 Å². The molecule has 0 spiro atoms. The van der Waals surface area contributed by atoms with E-state index < -0.39 is 40.7 Å². The Morgan fingerprint density at radius 3 is 2.44 bits per heavy atom. The Bertz CT molecular complexity index is 1080. The number of alkyl halides is 3. The predicted octanol–water partition coefficient (Wildman–Crippen LogP) is 5.44. The molecule has 170 valence electrons. The maximum absolute atomic E-state index is 13.8. The van der Waals surface area contributed by atoms with Crippen LogP contribution in [0.15, 0.2) is 48.0 Å².